The van der Waals surface area contributed by atoms with Crippen molar-refractivity contribution in [3.8, 4) is 0 Å². The molecule has 0 spiro atoms. The van der Waals surface area contributed by atoms with E-state index in [1.807, 2.05) is 43.3 Å². The van der Waals surface area contributed by atoms with Crippen molar-refractivity contribution < 1.29 is 4.79 Å². The van der Waals surface area contributed by atoms with Crippen LogP contribution in [-0.2, 0) is 17.8 Å². The number of para-hydroxylation sites is 1. The maximum atomic E-state index is 12.0. The summed E-state index contributed by atoms with van der Waals surface area (Å²) in [5.74, 6) is 0.877. The molecular weight excluding hydrogens is 350 g/mol. The molecule has 1 heterocycles. The van der Waals surface area contributed by atoms with E-state index >= 15 is 0 Å². The van der Waals surface area contributed by atoms with Gasteiger partial charge < -0.3 is 20.4 Å². The summed E-state index contributed by atoms with van der Waals surface area (Å²) in [6.07, 6.45) is 1.04. The first-order valence-electron chi connectivity index (χ1n) is 9.74. The predicted octanol–water partition coefficient (Wildman–Crippen LogP) is 2.71. The van der Waals surface area contributed by atoms with Crippen LogP contribution in [0.15, 0.2) is 53.5 Å². The molecule has 2 aromatic carbocycles. The second-order valence-electron chi connectivity index (χ2n) is 7.19. The molecule has 1 aliphatic rings. The number of carbonyl (C=O) groups excluding carboxylic acids is 1. The largest absolute Gasteiger partial charge is 0.356 e. The Morgan fingerprint density at radius 2 is 2.00 bits per heavy atom. The summed E-state index contributed by atoms with van der Waals surface area (Å²) in [5, 5.41) is 6.34. The fourth-order valence-electron chi connectivity index (χ4n) is 3.35. The number of benzene rings is 2. The minimum atomic E-state index is -0.0207. The lowest BCUT2D eigenvalue weighted by Gasteiger charge is -2.22. The highest BCUT2D eigenvalue weighted by Gasteiger charge is 2.22. The Balaban J connectivity index is 1.72. The van der Waals surface area contributed by atoms with Crippen molar-refractivity contribution in [3.63, 3.8) is 0 Å². The van der Waals surface area contributed by atoms with Gasteiger partial charge in [-0.15, -0.1) is 0 Å². The van der Waals surface area contributed by atoms with Crippen LogP contribution in [0.1, 0.15) is 18.1 Å². The predicted molar refractivity (Wildman–Crippen MR) is 116 cm³/mol. The number of hydrogen-bond donors (Lipinski definition) is 2. The van der Waals surface area contributed by atoms with Crippen LogP contribution in [0.4, 0.5) is 11.4 Å². The molecule has 0 fully saturated rings. The van der Waals surface area contributed by atoms with Crippen molar-refractivity contribution in [3.05, 3.63) is 59.7 Å². The second-order valence-corrected chi connectivity index (χ2v) is 7.19. The molecule has 0 aromatic heterocycles. The molecule has 1 amide bonds. The molecule has 0 bridgehead atoms. The Bertz CT molecular complexity index is 846. The van der Waals surface area contributed by atoms with Gasteiger partial charge in [0.05, 0.1) is 13.1 Å². The number of likely N-dealkylation sites (N-methyl/N-ethyl adjacent to an activating group) is 1. The molecule has 0 aliphatic carbocycles. The lowest BCUT2D eigenvalue weighted by atomic mass is 10.2. The number of nitrogens with zero attached hydrogens (tertiary/aromatic N) is 3. The molecule has 148 valence electrons. The van der Waals surface area contributed by atoms with Gasteiger partial charge in [0.15, 0.2) is 5.96 Å². The van der Waals surface area contributed by atoms with Crippen LogP contribution in [0.5, 0.6) is 0 Å². The molecule has 0 unspecified atom stereocenters. The van der Waals surface area contributed by atoms with Crippen LogP contribution < -0.4 is 15.5 Å². The number of carbonyl (C=O) groups is 1. The van der Waals surface area contributed by atoms with Crippen molar-refractivity contribution in [1.29, 1.82) is 0 Å². The van der Waals surface area contributed by atoms with E-state index < -0.39 is 0 Å². The van der Waals surface area contributed by atoms with Gasteiger partial charge in [-0.25, -0.2) is 4.99 Å². The van der Waals surface area contributed by atoms with E-state index in [1.54, 1.807) is 0 Å². The van der Waals surface area contributed by atoms with Crippen LogP contribution in [0.2, 0.25) is 0 Å². The Labute approximate surface area is 167 Å². The number of amides is 1. The number of hydrogen-bond acceptors (Lipinski definition) is 3. The Hall–Kier alpha value is -2.86. The first kappa shape index (κ1) is 19.9. The summed E-state index contributed by atoms with van der Waals surface area (Å²) < 4.78 is 0. The highest BCUT2D eigenvalue weighted by atomic mass is 16.2. The molecule has 6 heteroatoms. The van der Waals surface area contributed by atoms with Crippen molar-refractivity contribution in [1.82, 2.24) is 10.2 Å². The topological polar surface area (TPSA) is 60.0 Å². The van der Waals surface area contributed by atoms with Gasteiger partial charge in [-0.2, -0.15) is 0 Å². The zero-order valence-corrected chi connectivity index (χ0v) is 16.9. The third-order valence-corrected chi connectivity index (χ3v) is 4.56. The first-order valence-corrected chi connectivity index (χ1v) is 9.74. The summed E-state index contributed by atoms with van der Waals surface area (Å²) in [6, 6.07) is 16.4. The van der Waals surface area contributed by atoms with E-state index in [-0.39, 0.29) is 5.91 Å². The van der Waals surface area contributed by atoms with Crippen LogP contribution in [0.25, 0.3) is 0 Å². The zero-order chi connectivity index (χ0) is 19.9. The van der Waals surface area contributed by atoms with Crippen LogP contribution >= 0.6 is 0 Å². The number of guanidine groups is 1. The Morgan fingerprint density at radius 3 is 2.79 bits per heavy atom. The zero-order valence-electron chi connectivity index (χ0n) is 16.9. The molecule has 0 atom stereocenters. The summed E-state index contributed by atoms with van der Waals surface area (Å²) >= 11 is 0. The molecule has 3 rings (SSSR count). The average molecular weight is 380 g/mol. The van der Waals surface area contributed by atoms with Crippen molar-refractivity contribution >= 4 is 23.2 Å². The summed E-state index contributed by atoms with van der Waals surface area (Å²) in [4.78, 5) is 20.9. The van der Waals surface area contributed by atoms with Crippen LogP contribution in [0, 0.1) is 0 Å². The third-order valence-electron chi connectivity index (χ3n) is 4.56. The van der Waals surface area contributed by atoms with Crippen LogP contribution in [-0.4, -0.2) is 50.5 Å². The third kappa shape index (κ3) is 5.10. The molecule has 28 heavy (non-hydrogen) atoms. The molecule has 2 N–H and O–H groups in total. The monoisotopic (exact) mass is 379 g/mol. The first-order chi connectivity index (χ1) is 13.6. The average Bonchev–Trinajstić information content (AvgIpc) is 3.09. The quantitative estimate of drug-likeness (QED) is 0.599. The van der Waals surface area contributed by atoms with Crippen LogP contribution in [0.3, 0.4) is 0 Å². The summed E-state index contributed by atoms with van der Waals surface area (Å²) in [5.41, 5.74) is 4.45. The van der Waals surface area contributed by atoms with Gasteiger partial charge in [0.1, 0.15) is 0 Å². The minimum absolute atomic E-state index is 0.0207. The van der Waals surface area contributed by atoms with E-state index in [4.69, 9.17) is 4.99 Å². The number of fused-ring (bicyclic) bond motifs is 1. The maximum absolute atomic E-state index is 12.0. The highest BCUT2D eigenvalue weighted by Crippen LogP contribution is 2.27. The number of aliphatic imine (C=N–C) groups is 1. The van der Waals surface area contributed by atoms with E-state index in [1.165, 1.54) is 11.3 Å². The van der Waals surface area contributed by atoms with Crippen molar-refractivity contribution in [2.24, 2.45) is 4.99 Å². The number of nitrogens with one attached hydrogen (secondary N) is 2. The minimum Gasteiger partial charge on any atom is -0.356 e. The van der Waals surface area contributed by atoms with Gasteiger partial charge in [0, 0.05) is 24.5 Å². The van der Waals surface area contributed by atoms with E-state index in [2.05, 4.69) is 46.7 Å². The lowest BCUT2D eigenvalue weighted by molar-refractivity contribution is -0.116. The van der Waals surface area contributed by atoms with E-state index in [0.717, 1.165) is 36.7 Å². The second kappa shape index (κ2) is 9.37. The maximum Gasteiger partial charge on any atom is 0.238 e. The molecule has 0 saturated heterocycles. The lowest BCUT2D eigenvalue weighted by Crippen LogP contribution is -2.40. The fourth-order valence-corrected chi connectivity index (χ4v) is 3.35. The van der Waals surface area contributed by atoms with Gasteiger partial charge in [-0.1, -0.05) is 30.3 Å². The van der Waals surface area contributed by atoms with E-state index in [0.29, 0.717) is 13.1 Å². The van der Waals surface area contributed by atoms with Gasteiger partial charge in [0.2, 0.25) is 5.91 Å². The van der Waals surface area contributed by atoms with Gasteiger partial charge in [0.25, 0.3) is 0 Å². The smallest absolute Gasteiger partial charge is 0.238 e. The SMILES string of the molecule is CCNC(=NCc1cccc(NC(=O)CN(C)C)c1)N1CCc2ccccc21. The molecule has 6 nitrogen and oxygen atoms in total. The normalized spacial score (nSPS) is 13.6. The molecule has 0 radical (unpaired) electrons. The van der Waals surface area contributed by atoms with Gasteiger partial charge in [-0.05, 0) is 56.8 Å². The summed E-state index contributed by atoms with van der Waals surface area (Å²) in [6.45, 7) is 4.75. The van der Waals surface area contributed by atoms with Gasteiger partial charge in [-0.3, -0.25) is 4.79 Å². The highest BCUT2D eigenvalue weighted by molar-refractivity contribution is 5.98. The van der Waals surface area contributed by atoms with Crippen molar-refractivity contribution in [2.45, 2.75) is 19.9 Å². The fraction of sp³-hybridized carbons (Fsp3) is 0.364. The Morgan fingerprint density at radius 1 is 1.18 bits per heavy atom. The summed E-state index contributed by atoms with van der Waals surface area (Å²) in [7, 11) is 3.76. The standard InChI is InChI=1S/C22H29N5O/c1-4-23-22(27-13-12-18-9-5-6-11-20(18)27)24-15-17-8-7-10-19(14-17)25-21(28)16-26(2)3/h5-11,14H,4,12-13,15-16H2,1-3H3,(H,23,24)(H,25,28). The molecule has 0 saturated carbocycles. The molecular formula is C22H29N5O. The van der Waals surface area contributed by atoms with Crippen molar-refractivity contribution in [2.75, 3.05) is 43.9 Å². The van der Waals surface area contributed by atoms with E-state index in [9.17, 15) is 4.79 Å². The van der Waals surface area contributed by atoms with Gasteiger partial charge >= 0.3 is 0 Å². The molecule has 2 aromatic rings. The Kier molecular flexibility index (Phi) is 6.66. The molecule has 1 aliphatic heterocycles. The number of anilines is 2. The number of rotatable bonds is 6.